The van der Waals surface area contributed by atoms with Crippen molar-refractivity contribution in [3.05, 3.63) is 90.5 Å². The Morgan fingerprint density at radius 3 is 2.29 bits per heavy atom. The van der Waals surface area contributed by atoms with E-state index in [1.165, 1.54) is 12.7 Å². The molecule has 2 heterocycles. The number of carbonyl (C=O) groups is 1. The highest BCUT2D eigenvalue weighted by Crippen LogP contribution is 2.20. The number of benzene rings is 2. The van der Waals surface area contributed by atoms with E-state index < -0.39 is 0 Å². The van der Waals surface area contributed by atoms with Gasteiger partial charge in [0.2, 0.25) is 0 Å². The maximum absolute atomic E-state index is 12.6. The second-order valence-electron chi connectivity index (χ2n) is 7.29. The summed E-state index contributed by atoms with van der Waals surface area (Å²) in [7, 11) is 1.80. The second-order valence-corrected chi connectivity index (χ2v) is 7.29. The number of nitrogens with zero attached hydrogens (tertiary/aromatic N) is 7. The zero-order valence-electron chi connectivity index (χ0n) is 17.5. The van der Waals surface area contributed by atoms with Gasteiger partial charge in [-0.3, -0.25) is 0 Å². The smallest absolute Gasteiger partial charge is 0.317 e. The summed E-state index contributed by atoms with van der Waals surface area (Å²) < 4.78 is 3.47. The van der Waals surface area contributed by atoms with Crippen LogP contribution in [0.4, 0.5) is 4.79 Å². The van der Waals surface area contributed by atoms with Crippen LogP contribution < -0.4 is 5.32 Å². The molecule has 0 aliphatic carbocycles. The lowest BCUT2D eigenvalue weighted by Gasteiger charge is -2.26. The molecule has 31 heavy (non-hydrogen) atoms. The first-order valence-electron chi connectivity index (χ1n) is 9.96. The van der Waals surface area contributed by atoms with E-state index in [1.807, 2.05) is 55.5 Å². The third-order valence-electron chi connectivity index (χ3n) is 5.24. The van der Waals surface area contributed by atoms with Gasteiger partial charge in [-0.25, -0.2) is 24.1 Å². The van der Waals surface area contributed by atoms with E-state index in [0.717, 1.165) is 22.4 Å². The molecule has 4 rings (SSSR count). The van der Waals surface area contributed by atoms with Crippen LogP contribution in [0.2, 0.25) is 0 Å². The summed E-state index contributed by atoms with van der Waals surface area (Å²) in [4.78, 5) is 22.2. The van der Waals surface area contributed by atoms with E-state index in [4.69, 9.17) is 0 Å². The largest absolute Gasteiger partial charge is 0.334 e. The monoisotopic (exact) mass is 416 g/mol. The van der Waals surface area contributed by atoms with Crippen LogP contribution in [0.3, 0.4) is 0 Å². The number of carbonyl (C=O) groups excluding carboxylic acids is 1. The molecule has 1 atom stereocenters. The molecule has 0 saturated heterocycles. The molecule has 0 fully saturated rings. The molecule has 9 heteroatoms. The predicted molar refractivity (Wildman–Crippen MR) is 115 cm³/mol. The van der Waals surface area contributed by atoms with Crippen molar-refractivity contribution in [3.63, 3.8) is 0 Å². The van der Waals surface area contributed by atoms with Crippen molar-refractivity contribution in [3.8, 4) is 5.69 Å². The van der Waals surface area contributed by atoms with Gasteiger partial charge in [0.15, 0.2) is 0 Å². The zero-order chi connectivity index (χ0) is 21.6. The summed E-state index contributed by atoms with van der Waals surface area (Å²) in [6.45, 7) is 3.14. The predicted octanol–water partition coefficient (Wildman–Crippen LogP) is 2.81. The quantitative estimate of drug-likeness (QED) is 0.500. The van der Waals surface area contributed by atoms with Gasteiger partial charge >= 0.3 is 6.03 Å². The summed E-state index contributed by atoms with van der Waals surface area (Å²) in [6, 6.07) is 15.8. The topological polar surface area (TPSA) is 93.8 Å². The molecule has 1 N–H and O–H groups in total. The minimum absolute atomic E-state index is 0.0742. The van der Waals surface area contributed by atoms with E-state index in [0.29, 0.717) is 13.1 Å². The molecule has 9 nitrogen and oxygen atoms in total. The highest BCUT2D eigenvalue weighted by molar-refractivity contribution is 5.74. The minimum atomic E-state index is -0.125. The van der Waals surface area contributed by atoms with Crippen molar-refractivity contribution < 1.29 is 4.79 Å². The number of amides is 2. The van der Waals surface area contributed by atoms with Crippen LogP contribution in [0.25, 0.3) is 5.69 Å². The maximum atomic E-state index is 12.6. The molecule has 2 aromatic heterocycles. The average molecular weight is 416 g/mol. The fraction of sp³-hybridized carbons (Fsp3) is 0.227. The molecule has 0 bridgehead atoms. The van der Waals surface area contributed by atoms with Gasteiger partial charge in [-0.15, -0.1) is 0 Å². The Balaban J connectivity index is 1.30. The number of hydrogen-bond acceptors (Lipinski definition) is 5. The van der Waals surface area contributed by atoms with Crippen molar-refractivity contribution in [2.24, 2.45) is 0 Å². The summed E-state index contributed by atoms with van der Waals surface area (Å²) in [6.07, 6.45) is 6.36. The Morgan fingerprint density at radius 1 is 0.968 bits per heavy atom. The molecular weight excluding hydrogens is 392 g/mol. The number of hydrogen-bond donors (Lipinski definition) is 1. The van der Waals surface area contributed by atoms with Gasteiger partial charge in [0.25, 0.3) is 0 Å². The SMILES string of the molecule is CC(c1ccc(-n2cncn2)cc1)N(C)C(=O)NCc1ccc(Cn2cncn2)cc1. The van der Waals surface area contributed by atoms with Crippen LogP contribution >= 0.6 is 0 Å². The van der Waals surface area contributed by atoms with Crippen molar-refractivity contribution in [2.45, 2.75) is 26.1 Å². The third-order valence-corrected chi connectivity index (χ3v) is 5.24. The normalized spacial score (nSPS) is 11.8. The van der Waals surface area contributed by atoms with Gasteiger partial charge in [-0.05, 0) is 35.7 Å². The second kappa shape index (κ2) is 9.21. The van der Waals surface area contributed by atoms with Gasteiger partial charge in [0, 0.05) is 13.6 Å². The van der Waals surface area contributed by atoms with Crippen LogP contribution in [0.15, 0.2) is 73.8 Å². The van der Waals surface area contributed by atoms with E-state index in [9.17, 15) is 4.79 Å². The van der Waals surface area contributed by atoms with E-state index in [2.05, 4.69) is 25.5 Å². The summed E-state index contributed by atoms with van der Waals surface area (Å²) in [5.74, 6) is 0. The van der Waals surface area contributed by atoms with Crippen LogP contribution in [-0.2, 0) is 13.1 Å². The molecule has 0 aliphatic rings. The van der Waals surface area contributed by atoms with Crippen LogP contribution in [0, 0.1) is 0 Å². The van der Waals surface area contributed by atoms with Crippen molar-refractivity contribution in [1.29, 1.82) is 0 Å². The van der Waals surface area contributed by atoms with Gasteiger partial charge in [-0.1, -0.05) is 36.4 Å². The number of nitrogens with one attached hydrogen (secondary N) is 1. The molecule has 158 valence electrons. The summed E-state index contributed by atoms with van der Waals surface area (Å²) in [5, 5.41) is 11.2. The lowest BCUT2D eigenvalue weighted by atomic mass is 10.1. The van der Waals surface area contributed by atoms with Gasteiger partial charge in [-0.2, -0.15) is 10.2 Å². The Hall–Kier alpha value is -4.01. The lowest BCUT2D eigenvalue weighted by Crippen LogP contribution is -2.38. The van der Waals surface area contributed by atoms with E-state index in [-0.39, 0.29) is 12.1 Å². The van der Waals surface area contributed by atoms with Gasteiger partial charge in [0.1, 0.15) is 25.3 Å². The van der Waals surface area contributed by atoms with Crippen LogP contribution in [0.1, 0.15) is 29.7 Å². The Labute approximate surface area is 180 Å². The van der Waals surface area contributed by atoms with Crippen LogP contribution in [-0.4, -0.2) is 47.5 Å². The Morgan fingerprint density at radius 2 is 1.65 bits per heavy atom. The highest BCUT2D eigenvalue weighted by atomic mass is 16.2. The molecule has 0 spiro atoms. The average Bonchev–Trinajstić information content (AvgIpc) is 3.52. The Kier molecular flexibility index (Phi) is 6.02. The first-order chi connectivity index (χ1) is 15.1. The molecule has 0 radical (unpaired) electrons. The molecule has 4 aromatic rings. The first kappa shape index (κ1) is 20.3. The summed E-state index contributed by atoms with van der Waals surface area (Å²) >= 11 is 0. The number of rotatable bonds is 7. The minimum Gasteiger partial charge on any atom is -0.334 e. The third kappa shape index (κ3) is 4.95. The molecule has 1 unspecified atom stereocenters. The molecule has 0 aliphatic heterocycles. The van der Waals surface area contributed by atoms with E-state index >= 15 is 0 Å². The van der Waals surface area contributed by atoms with Gasteiger partial charge < -0.3 is 10.2 Å². The highest BCUT2D eigenvalue weighted by Gasteiger charge is 2.17. The molecule has 2 aromatic carbocycles. The molecule has 2 amide bonds. The fourth-order valence-electron chi connectivity index (χ4n) is 3.21. The standard InChI is InChI=1S/C22H24N8O/c1-17(20-7-9-21(10-8-20)30-16-24-14-27-30)28(2)22(31)25-11-18-3-5-19(6-4-18)12-29-15-23-13-26-29/h3-10,13-17H,11-12H2,1-2H3,(H,25,31). The van der Waals surface area contributed by atoms with Crippen molar-refractivity contribution >= 4 is 6.03 Å². The fourth-order valence-corrected chi connectivity index (χ4v) is 3.21. The van der Waals surface area contributed by atoms with E-state index in [1.54, 1.807) is 34.0 Å². The molecule has 0 saturated carbocycles. The maximum Gasteiger partial charge on any atom is 0.317 e. The number of urea groups is 1. The van der Waals surface area contributed by atoms with Crippen molar-refractivity contribution in [1.82, 2.24) is 39.7 Å². The lowest BCUT2D eigenvalue weighted by molar-refractivity contribution is 0.194. The van der Waals surface area contributed by atoms with Gasteiger partial charge in [0.05, 0.1) is 18.3 Å². The summed E-state index contributed by atoms with van der Waals surface area (Å²) in [5.41, 5.74) is 4.13. The van der Waals surface area contributed by atoms with Crippen molar-refractivity contribution in [2.75, 3.05) is 7.05 Å². The number of aromatic nitrogens is 6. The Bertz CT molecular complexity index is 1090. The molecular formula is C22H24N8O. The van der Waals surface area contributed by atoms with Crippen LogP contribution in [0.5, 0.6) is 0 Å². The zero-order valence-corrected chi connectivity index (χ0v) is 17.5. The first-order valence-corrected chi connectivity index (χ1v) is 9.96.